The van der Waals surface area contributed by atoms with Crippen molar-refractivity contribution in [2.75, 3.05) is 6.61 Å². The molecule has 0 fully saturated rings. The van der Waals surface area contributed by atoms with Gasteiger partial charge in [0, 0.05) is 0 Å². The zero-order valence-corrected chi connectivity index (χ0v) is 7.66. The van der Waals surface area contributed by atoms with E-state index in [9.17, 15) is 9.59 Å². The number of carbonyl (C=O) groups excluding carboxylic acids is 2. The lowest BCUT2D eigenvalue weighted by atomic mass is 10.1. The molecule has 0 aromatic heterocycles. The molecule has 0 aliphatic heterocycles. The van der Waals surface area contributed by atoms with Crippen molar-refractivity contribution in [1.82, 2.24) is 5.32 Å². The molecule has 1 atom stereocenters. The lowest BCUT2D eigenvalue weighted by molar-refractivity contribution is -0.110. The van der Waals surface area contributed by atoms with Crippen LogP contribution in [0.25, 0.3) is 0 Å². The molecule has 1 N–H and O–H groups in total. The van der Waals surface area contributed by atoms with E-state index in [4.69, 9.17) is 0 Å². The van der Waals surface area contributed by atoms with Crippen LogP contribution in [0.1, 0.15) is 20.8 Å². The van der Waals surface area contributed by atoms with Crippen molar-refractivity contribution in [2.45, 2.75) is 26.8 Å². The monoisotopic (exact) mass is 173 g/mol. The molecule has 70 valence electrons. The van der Waals surface area contributed by atoms with Gasteiger partial charge in [-0.25, -0.2) is 4.79 Å². The topological polar surface area (TPSA) is 55.4 Å². The third-order valence-corrected chi connectivity index (χ3v) is 1.42. The van der Waals surface area contributed by atoms with Crippen LogP contribution >= 0.6 is 0 Å². The summed E-state index contributed by atoms with van der Waals surface area (Å²) in [6.45, 7) is 5.73. The number of amides is 1. The van der Waals surface area contributed by atoms with E-state index >= 15 is 0 Å². The van der Waals surface area contributed by atoms with Crippen LogP contribution in [0.3, 0.4) is 0 Å². The molecule has 1 amide bonds. The van der Waals surface area contributed by atoms with E-state index < -0.39 is 12.1 Å². The van der Waals surface area contributed by atoms with Crippen LogP contribution in [0.4, 0.5) is 4.79 Å². The molecule has 0 aromatic rings. The summed E-state index contributed by atoms with van der Waals surface area (Å²) in [4.78, 5) is 21.2. The maximum atomic E-state index is 10.8. The van der Waals surface area contributed by atoms with Gasteiger partial charge in [0.25, 0.3) is 0 Å². The van der Waals surface area contributed by atoms with Crippen LogP contribution in [0, 0.1) is 5.92 Å². The first-order valence-corrected chi connectivity index (χ1v) is 4.00. The number of ether oxygens (including phenoxy) is 1. The first-order chi connectivity index (χ1) is 5.61. The van der Waals surface area contributed by atoms with Crippen LogP contribution in [0.2, 0.25) is 0 Å². The van der Waals surface area contributed by atoms with Crippen molar-refractivity contribution < 1.29 is 14.3 Å². The second-order valence-electron chi connectivity index (χ2n) is 2.77. The van der Waals surface area contributed by atoms with Gasteiger partial charge in [0.1, 0.15) is 6.29 Å². The summed E-state index contributed by atoms with van der Waals surface area (Å²) in [6, 6.07) is -0.455. The SMILES string of the molecule is CCOC(=O)N[C@H](C=O)C(C)C. The molecule has 0 heterocycles. The van der Waals surface area contributed by atoms with E-state index in [2.05, 4.69) is 10.1 Å². The quantitative estimate of drug-likeness (QED) is 0.644. The van der Waals surface area contributed by atoms with Gasteiger partial charge >= 0.3 is 6.09 Å². The molecule has 0 radical (unpaired) electrons. The second kappa shape index (κ2) is 5.57. The first-order valence-electron chi connectivity index (χ1n) is 4.00. The minimum Gasteiger partial charge on any atom is -0.450 e. The molecule has 0 saturated heterocycles. The van der Waals surface area contributed by atoms with E-state index in [-0.39, 0.29) is 5.92 Å². The number of rotatable bonds is 4. The predicted molar refractivity (Wildman–Crippen MR) is 44.8 cm³/mol. The first kappa shape index (κ1) is 10.9. The summed E-state index contributed by atoms with van der Waals surface area (Å²) in [5.41, 5.74) is 0. The Bertz CT molecular complexity index is 156. The number of hydrogen-bond donors (Lipinski definition) is 1. The summed E-state index contributed by atoms with van der Waals surface area (Å²) in [5, 5.41) is 2.44. The fourth-order valence-corrected chi connectivity index (χ4v) is 0.667. The van der Waals surface area contributed by atoms with Crippen molar-refractivity contribution in [3.63, 3.8) is 0 Å². The van der Waals surface area contributed by atoms with Crippen molar-refractivity contribution in [1.29, 1.82) is 0 Å². The molecule has 0 unspecified atom stereocenters. The van der Waals surface area contributed by atoms with E-state index in [1.165, 1.54) is 0 Å². The Kier molecular flexibility index (Phi) is 5.08. The van der Waals surface area contributed by atoms with Crippen LogP contribution in [-0.2, 0) is 9.53 Å². The number of hydrogen-bond acceptors (Lipinski definition) is 3. The lowest BCUT2D eigenvalue weighted by Gasteiger charge is -2.15. The Hall–Kier alpha value is -1.06. The van der Waals surface area contributed by atoms with Gasteiger partial charge in [0.15, 0.2) is 0 Å². The summed E-state index contributed by atoms with van der Waals surface area (Å²) in [6.07, 6.45) is 0.171. The summed E-state index contributed by atoms with van der Waals surface area (Å²) in [5.74, 6) is 0.0897. The third kappa shape index (κ3) is 3.95. The summed E-state index contributed by atoms with van der Waals surface area (Å²) in [7, 11) is 0. The zero-order valence-electron chi connectivity index (χ0n) is 7.66. The molecule has 4 nitrogen and oxygen atoms in total. The molecule has 4 heteroatoms. The fourth-order valence-electron chi connectivity index (χ4n) is 0.667. The Balaban J connectivity index is 3.85. The van der Waals surface area contributed by atoms with Gasteiger partial charge in [0.2, 0.25) is 0 Å². The summed E-state index contributed by atoms with van der Waals surface area (Å²) < 4.78 is 4.62. The van der Waals surface area contributed by atoms with Gasteiger partial charge in [0.05, 0.1) is 12.6 Å². The molecule has 0 aliphatic rings. The van der Waals surface area contributed by atoms with E-state index in [1.54, 1.807) is 6.92 Å². The third-order valence-electron chi connectivity index (χ3n) is 1.42. The van der Waals surface area contributed by atoms with E-state index in [0.717, 1.165) is 0 Å². The molecular formula is C8H15NO3. The van der Waals surface area contributed by atoms with Crippen LogP contribution in [-0.4, -0.2) is 25.0 Å². The van der Waals surface area contributed by atoms with Crippen molar-refractivity contribution in [2.24, 2.45) is 5.92 Å². The number of nitrogens with one attached hydrogen (secondary N) is 1. The van der Waals surface area contributed by atoms with Crippen molar-refractivity contribution in [3.05, 3.63) is 0 Å². The average Bonchev–Trinajstić information content (AvgIpc) is 2.00. The maximum Gasteiger partial charge on any atom is 0.407 e. The highest BCUT2D eigenvalue weighted by atomic mass is 16.5. The second-order valence-corrected chi connectivity index (χ2v) is 2.77. The van der Waals surface area contributed by atoms with E-state index in [1.807, 2.05) is 13.8 Å². The van der Waals surface area contributed by atoms with Crippen molar-refractivity contribution in [3.8, 4) is 0 Å². The largest absolute Gasteiger partial charge is 0.450 e. The maximum absolute atomic E-state index is 10.8. The van der Waals surface area contributed by atoms with Gasteiger partial charge in [-0.1, -0.05) is 13.8 Å². The molecule has 0 bridgehead atoms. The summed E-state index contributed by atoms with van der Waals surface area (Å²) >= 11 is 0. The van der Waals surface area contributed by atoms with E-state index in [0.29, 0.717) is 12.9 Å². The number of carbonyl (C=O) groups is 2. The molecule has 0 rings (SSSR count). The number of aldehydes is 1. The zero-order chi connectivity index (χ0) is 9.56. The van der Waals surface area contributed by atoms with Crippen LogP contribution in [0.15, 0.2) is 0 Å². The molecule has 12 heavy (non-hydrogen) atoms. The highest BCUT2D eigenvalue weighted by Crippen LogP contribution is 1.98. The standard InChI is InChI=1S/C8H15NO3/c1-4-12-8(11)9-7(5-10)6(2)3/h5-7H,4H2,1-3H3,(H,9,11)/t7-/m1/s1. The molecule has 0 saturated carbocycles. The normalized spacial score (nSPS) is 12.3. The molecule has 0 spiro atoms. The van der Waals surface area contributed by atoms with Crippen LogP contribution < -0.4 is 5.32 Å². The molecule has 0 aliphatic carbocycles. The minimum atomic E-state index is -0.539. The molecule has 0 aromatic carbocycles. The van der Waals surface area contributed by atoms with Crippen molar-refractivity contribution >= 4 is 12.4 Å². The van der Waals surface area contributed by atoms with Gasteiger partial charge in [-0.2, -0.15) is 0 Å². The Morgan fingerprint density at radius 3 is 2.50 bits per heavy atom. The Morgan fingerprint density at radius 1 is 1.58 bits per heavy atom. The number of alkyl carbamates (subject to hydrolysis) is 1. The fraction of sp³-hybridized carbons (Fsp3) is 0.750. The highest BCUT2D eigenvalue weighted by molar-refractivity contribution is 5.73. The predicted octanol–water partition coefficient (Wildman–Crippen LogP) is 0.956. The Labute approximate surface area is 72.3 Å². The van der Waals surface area contributed by atoms with Crippen LogP contribution in [0.5, 0.6) is 0 Å². The lowest BCUT2D eigenvalue weighted by Crippen LogP contribution is -2.39. The van der Waals surface area contributed by atoms with Gasteiger partial charge in [-0.15, -0.1) is 0 Å². The average molecular weight is 173 g/mol. The Morgan fingerprint density at radius 2 is 2.17 bits per heavy atom. The highest BCUT2D eigenvalue weighted by Gasteiger charge is 2.14. The van der Waals surface area contributed by atoms with Gasteiger partial charge in [-0.05, 0) is 12.8 Å². The smallest absolute Gasteiger partial charge is 0.407 e. The van der Waals surface area contributed by atoms with Gasteiger partial charge in [-0.3, -0.25) is 0 Å². The minimum absolute atomic E-state index is 0.0897. The van der Waals surface area contributed by atoms with Gasteiger partial charge < -0.3 is 14.8 Å². The molecular weight excluding hydrogens is 158 g/mol.